The predicted molar refractivity (Wildman–Crippen MR) is 87.8 cm³/mol. The van der Waals surface area contributed by atoms with Gasteiger partial charge in [0.25, 0.3) is 0 Å². The zero-order valence-electron chi connectivity index (χ0n) is 12.8. The van der Waals surface area contributed by atoms with Crippen LogP contribution >= 0.6 is 11.3 Å². The maximum absolute atomic E-state index is 12.1. The first-order valence-corrected chi connectivity index (χ1v) is 8.23. The van der Waals surface area contributed by atoms with E-state index in [0.29, 0.717) is 4.88 Å². The van der Waals surface area contributed by atoms with Crippen LogP contribution in [-0.2, 0) is 4.79 Å². The highest BCUT2D eigenvalue weighted by Crippen LogP contribution is 2.20. The molecule has 4 nitrogen and oxygen atoms in total. The molecule has 0 bridgehead atoms. The quantitative estimate of drug-likeness (QED) is 0.794. The minimum Gasteiger partial charge on any atom is -0.347 e. The Morgan fingerprint density at radius 3 is 2.59 bits per heavy atom. The molecule has 0 spiro atoms. The lowest BCUT2D eigenvalue weighted by Crippen LogP contribution is -2.32. The first-order chi connectivity index (χ1) is 10.6. The number of carbonyl (C=O) groups excluding carboxylic acids is 2. The lowest BCUT2D eigenvalue weighted by molar-refractivity contribution is -0.122. The molecule has 0 saturated heterocycles. The summed E-state index contributed by atoms with van der Waals surface area (Å²) in [5.74, 6) is 0.130. The van der Waals surface area contributed by atoms with Gasteiger partial charge in [-0.3, -0.25) is 14.6 Å². The summed E-state index contributed by atoms with van der Waals surface area (Å²) >= 11 is 1.41. The highest BCUT2D eigenvalue weighted by Gasteiger charge is 2.20. The summed E-state index contributed by atoms with van der Waals surface area (Å²) in [6.07, 6.45) is 2.16. The summed E-state index contributed by atoms with van der Waals surface area (Å²) in [7, 11) is 0. The van der Waals surface area contributed by atoms with Crippen LogP contribution in [0.25, 0.3) is 0 Å². The minimum atomic E-state index is -0.134. The Morgan fingerprint density at radius 2 is 2.00 bits per heavy atom. The second-order valence-corrected chi connectivity index (χ2v) is 6.39. The molecule has 0 fully saturated rings. The van der Waals surface area contributed by atoms with Crippen LogP contribution in [0.2, 0.25) is 0 Å². The van der Waals surface area contributed by atoms with Gasteiger partial charge in [0.15, 0.2) is 5.78 Å². The molecule has 1 unspecified atom stereocenters. The summed E-state index contributed by atoms with van der Waals surface area (Å²) in [5.41, 5.74) is 0.843. The molecule has 2 aromatic rings. The van der Waals surface area contributed by atoms with Crippen molar-refractivity contribution in [1.29, 1.82) is 0 Å². The zero-order valence-corrected chi connectivity index (χ0v) is 13.6. The van der Waals surface area contributed by atoms with Crippen LogP contribution in [-0.4, -0.2) is 16.7 Å². The van der Waals surface area contributed by atoms with E-state index in [9.17, 15) is 9.59 Å². The molecule has 0 aromatic carbocycles. The average Bonchev–Trinajstić information content (AvgIpc) is 3.05. The highest BCUT2D eigenvalue weighted by molar-refractivity contribution is 7.12. The largest absolute Gasteiger partial charge is 0.347 e. The van der Waals surface area contributed by atoms with Crippen molar-refractivity contribution in [3.05, 3.63) is 52.5 Å². The zero-order chi connectivity index (χ0) is 15.9. The number of carbonyl (C=O) groups is 2. The molecule has 0 aliphatic carbocycles. The number of rotatable bonds is 7. The number of amides is 1. The average molecular weight is 316 g/mol. The molecule has 0 radical (unpaired) electrons. The van der Waals surface area contributed by atoms with Crippen molar-refractivity contribution in [1.82, 2.24) is 10.3 Å². The minimum absolute atomic E-state index is 0.0177. The van der Waals surface area contributed by atoms with Gasteiger partial charge in [-0.25, -0.2) is 0 Å². The maximum atomic E-state index is 12.1. The fourth-order valence-corrected chi connectivity index (χ4v) is 2.87. The van der Waals surface area contributed by atoms with Crippen LogP contribution in [0, 0.1) is 5.92 Å². The number of nitrogens with zero attached hydrogens (tertiary/aromatic N) is 1. The van der Waals surface area contributed by atoms with E-state index in [-0.39, 0.29) is 36.5 Å². The van der Waals surface area contributed by atoms with Gasteiger partial charge in [-0.1, -0.05) is 26.0 Å². The smallest absolute Gasteiger partial charge is 0.220 e. The summed E-state index contributed by atoms with van der Waals surface area (Å²) in [6.45, 7) is 4.08. The van der Waals surface area contributed by atoms with Crippen molar-refractivity contribution >= 4 is 23.0 Å². The Balaban J connectivity index is 1.90. The van der Waals surface area contributed by atoms with E-state index < -0.39 is 0 Å². The van der Waals surface area contributed by atoms with E-state index >= 15 is 0 Å². The normalized spacial score (nSPS) is 12.1. The Hall–Kier alpha value is -2.01. The van der Waals surface area contributed by atoms with Crippen molar-refractivity contribution in [3.8, 4) is 0 Å². The van der Waals surface area contributed by atoms with Gasteiger partial charge in [0.1, 0.15) is 0 Å². The Labute approximate surface area is 134 Å². The standard InChI is InChI=1S/C17H20N2O2S/c1-12(2)17(13-6-3-4-10-18-13)19-16(21)9-8-14(20)15-7-5-11-22-15/h3-7,10-12,17H,8-9H2,1-2H3,(H,19,21). The van der Waals surface area contributed by atoms with E-state index in [1.165, 1.54) is 11.3 Å². The number of thiophene rings is 1. The van der Waals surface area contributed by atoms with Crippen molar-refractivity contribution in [2.45, 2.75) is 32.7 Å². The van der Waals surface area contributed by atoms with Gasteiger partial charge in [0.2, 0.25) is 5.91 Å². The SMILES string of the molecule is CC(C)C(NC(=O)CCC(=O)c1cccs1)c1ccccn1. The molecule has 2 aromatic heterocycles. The maximum Gasteiger partial charge on any atom is 0.220 e. The van der Waals surface area contributed by atoms with Gasteiger partial charge in [0, 0.05) is 19.0 Å². The van der Waals surface area contributed by atoms with Crippen molar-refractivity contribution in [2.24, 2.45) is 5.92 Å². The van der Waals surface area contributed by atoms with Crippen LogP contribution in [0.3, 0.4) is 0 Å². The molecule has 0 saturated carbocycles. The van der Waals surface area contributed by atoms with E-state index in [1.807, 2.05) is 43.5 Å². The first-order valence-electron chi connectivity index (χ1n) is 7.35. The number of hydrogen-bond acceptors (Lipinski definition) is 4. The molecule has 116 valence electrons. The Bertz CT molecular complexity index is 609. The van der Waals surface area contributed by atoms with Crippen LogP contribution < -0.4 is 5.32 Å². The van der Waals surface area contributed by atoms with Gasteiger partial charge in [-0.2, -0.15) is 0 Å². The molecule has 5 heteroatoms. The van der Waals surface area contributed by atoms with Crippen LogP contribution in [0.1, 0.15) is 48.1 Å². The molecule has 22 heavy (non-hydrogen) atoms. The van der Waals surface area contributed by atoms with Crippen molar-refractivity contribution in [2.75, 3.05) is 0 Å². The number of Topliss-reactive ketones (excluding diaryl/α,β-unsaturated/α-hetero) is 1. The van der Waals surface area contributed by atoms with Crippen molar-refractivity contribution < 1.29 is 9.59 Å². The van der Waals surface area contributed by atoms with Crippen molar-refractivity contribution in [3.63, 3.8) is 0 Å². The van der Waals surface area contributed by atoms with Gasteiger partial charge < -0.3 is 5.32 Å². The summed E-state index contributed by atoms with van der Waals surface area (Å²) < 4.78 is 0. The fraction of sp³-hybridized carbons (Fsp3) is 0.353. The monoisotopic (exact) mass is 316 g/mol. The topological polar surface area (TPSA) is 59.1 Å². The van der Waals surface area contributed by atoms with E-state index in [0.717, 1.165) is 5.69 Å². The lowest BCUT2D eigenvalue weighted by Gasteiger charge is -2.21. The van der Waals surface area contributed by atoms with Gasteiger partial charge in [-0.05, 0) is 29.5 Å². The molecular formula is C17H20N2O2S. The molecule has 0 aliphatic rings. The molecule has 2 heterocycles. The molecule has 1 N–H and O–H groups in total. The number of ketones is 1. The second-order valence-electron chi connectivity index (χ2n) is 5.44. The van der Waals surface area contributed by atoms with Crippen LogP contribution in [0.4, 0.5) is 0 Å². The van der Waals surface area contributed by atoms with Gasteiger partial charge in [-0.15, -0.1) is 11.3 Å². The van der Waals surface area contributed by atoms with E-state index in [4.69, 9.17) is 0 Å². The van der Waals surface area contributed by atoms with Crippen LogP contribution in [0.15, 0.2) is 41.9 Å². The predicted octanol–water partition coefficient (Wildman–Crippen LogP) is 3.62. The summed E-state index contributed by atoms with van der Waals surface area (Å²) in [5, 5.41) is 4.85. The lowest BCUT2D eigenvalue weighted by atomic mass is 10.00. The van der Waals surface area contributed by atoms with E-state index in [1.54, 1.807) is 12.3 Å². The fourth-order valence-electron chi connectivity index (χ4n) is 2.18. The third-order valence-electron chi connectivity index (χ3n) is 3.36. The summed E-state index contributed by atoms with van der Waals surface area (Å²) in [6, 6.07) is 9.16. The van der Waals surface area contributed by atoms with Crippen LogP contribution in [0.5, 0.6) is 0 Å². The Kier molecular flexibility index (Phi) is 5.83. The number of pyridine rings is 1. The number of aromatic nitrogens is 1. The van der Waals surface area contributed by atoms with Gasteiger partial charge in [0.05, 0.1) is 16.6 Å². The molecule has 1 amide bonds. The number of nitrogens with one attached hydrogen (secondary N) is 1. The first kappa shape index (κ1) is 16.4. The molecule has 1 atom stereocenters. The third-order valence-corrected chi connectivity index (χ3v) is 4.28. The second kappa shape index (κ2) is 7.84. The number of hydrogen-bond donors (Lipinski definition) is 1. The van der Waals surface area contributed by atoms with Gasteiger partial charge >= 0.3 is 0 Å². The third kappa shape index (κ3) is 4.49. The molecule has 0 aliphatic heterocycles. The molecule has 2 rings (SSSR count). The highest BCUT2D eigenvalue weighted by atomic mass is 32.1. The Morgan fingerprint density at radius 1 is 1.18 bits per heavy atom. The van der Waals surface area contributed by atoms with E-state index in [2.05, 4.69) is 10.3 Å². The summed E-state index contributed by atoms with van der Waals surface area (Å²) in [4.78, 5) is 29.1. The molecular weight excluding hydrogens is 296 g/mol.